The third-order valence-corrected chi connectivity index (χ3v) is 4.67. The first-order chi connectivity index (χ1) is 12.2. The molecule has 25 heavy (non-hydrogen) atoms. The molecular formula is C23H30N2. The van der Waals surface area contributed by atoms with E-state index in [1.807, 2.05) is 0 Å². The number of hydrogen-bond donors (Lipinski definition) is 1. The van der Waals surface area contributed by atoms with Gasteiger partial charge in [0.05, 0.1) is 0 Å². The highest BCUT2D eigenvalue weighted by atomic mass is 15.0. The highest BCUT2D eigenvalue weighted by Gasteiger charge is 2.08. The van der Waals surface area contributed by atoms with Crippen LogP contribution in [0.5, 0.6) is 0 Å². The van der Waals surface area contributed by atoms with E-state index < -0.39 is 0 Å². The van der Waals surface area contributed by atoms with E-state index in [2.05, 4.69) is 84.5 Å². The van der Waals surface area contributed by atoms with Crippen molar-refractivity contribution in [1.82, 2.24) is 9.88 Å². The molecule has 0 saturated carbocycles. The van der Waals surface area contributed by atoms with Gasteiger partial charge >= 0.3 is 0 Å². The lowest BCUT2D eigenvalue weighted by molar-refractivity contribution is 0.535. The molecule has 1 N–H and O–H groups in total. The van der Waals surface area contributed by atoms with Gasteiger partial charge in [0.1, 0.15) is 0 Å². The van der Waals surface area contributed by atoms with Crippen LogP contribution in [-0.4, -0.2) is 17.7 Å². The number of benzene rings is 2. The molecule has 0 bridgehead atoms. The first-order valence-electron chi connectivity index (χ1n) is 9.55. The number of nitrogens with zero attached hydrogens (tertiary/aromatic N) is 1. The van der Waals surface area contributed by atoms with Crippen LogP contribution in [0.1, 0.15) is 37.8 Å². The molecule has 0 saturated heterocycles. The van der Waals surface area contributed by atoms with Gasteiger partial charge in [-0.1, -0.05) is 62.4 Å². The molecule has 0 fully saturated rings. The summed E-state index contributed by atoms with van der Waals surface area (Å²) < 4.78 is 2.40. The van der Waals surface area contributed by atoms with E-state index >= 15 is 0 Å². The molecule has 0 amide bonds. The zero-order valence-electron chi connectivity index (χ0n) is 15.5. The molecule has 3 aromatic rings. The second kappa shape index (κ2) is 8.87. The van der Waals surface area contributed by atoms with Gasteiger partial charge in [0.15, 0.2) is 0 Å². The number of nitrogens with one attached hydrogen (secondary N) is 1. The van der Waals surface area contributed by atoms with Gasteiger partial charge in [-0.2, -0.15) is 0 Å². The fourth-order valence-electron chi connectivity index (χ4n) is 3.39. The standard InChI is InChI=1S/C23H30N2/c1-19(2)16-24-15-9-8-12-21-18-25(17-20-10-4-3-5-11-20)23-14-7-6-13-22(21)23/h3-7,10-11,13-14,18-19,24H,8-9,12,15-17H2,1-2H3. The summed E-state index contributed by atoms with van der Waals surface area (Å²) in [6.45, 7) is 7.71. The first-order valence-corrected chi connectivity index (χ1v) is 9.55. The van der Waals surface area contributed by atoms with Crippen molar-refractivity contribution in [3.63, 3.8) is 0 Å². The zero-order valence-corrected chi connectivity index (χ0v) is 15.5. The van der Waals surface area contributed by atoms with Crippen LogP contribution < -0.4 is 5.32 Å². The quantitative estimate of drug-likeness (QED) is 0.528. The molecule has 1 heterocycles. The third kappa shape index (κ3) is 4.96. The van der Waals surface area contributed by atoms with Gasteiger partial charge in [0.25, 0.3) is 0 Å². The van der Waals surface area contributed by atoms with Crippen LogP contribution in [0.15, 0.2) is 60.8 Å². The molecule has 132 valence electrons. The molecule has 0 aliphatic rings. The number of hydrogen-bond acceptors (Lipinski definition) is 1. The Morgan fingerprint density at radius 3 is 2.48 bits per heavy atom. The largest absolute Gasteiger partial charge is 0.343 e. The molecule has 2 heteroatoms. The van der Waals surface area contributed by atoms with Gasteiger partial charge in [-0.15, -0.1) is 0 Å². The van der Waals surface area contributed by atoms with Crippen LogP contribution in [0.25, 0.3) is 10.9 Å². The Balaban J connectivity index is 1.65. The smallest absolute Gasteiger partial charge is 0.0486 e. The zero-order chi connectivity index (χ0) is 17.5. The maximum absolute atomic E-state index is 3.54. The fourth-order valence-corrected chi connectivity index (χ4v) is 3.39. The molecule has 1 aromatic heterocycles. The van der Waals surface area contributed by atoms with E-state index in [1.165, 1.54) is 34.9 Å². The Morgan fingerprint density at radius 2 is 1.68 bits per heavy atom. The summed E-state index contributed by atoms with van der Waals surface area (Å²) in [6, 6.07) is 19.5. The molecule has 0 spiro atoms. The number of unbranched alkanes of at least 4 members (excludes halogenated alkanes) is 1. The van der Waals surface area contributed by atoms with Crippen molar-refractivity contribution >= 4 is 10.9 Å². The number of aromatic nitrogens is 1. The highest BCUT2D eigenvalue weighted by molar-refractivity contribution is 5.84. The predicted molar refractivity (Wildman–Crippen MR) is 108 cm³/mol. The Bertz CT molecular complexity index is 771. The van der Waals surface area contributed by atoms with E-state index in [-0.39, 0.29) is 0 Å². The van der Waals surface area contributed by atoms with Gasteiger partial charge in [-0.05, 0) is 55.5 Å². The topological polar surface area (TPSA) is 17.0 Å². The minimum absolute atomic E-state index is 0.732. The molecule has 2 nitrogen and oxygen atoms in total. The van der Waals surface area contributed by atoms with Gasteiger partial charge in [0.2, 0.25) is 0 Å². The summed E-state index contributed by atoms with van der Waals surface area (Å²) in [7, 11) is 0. The van der Waals surface area contributed by atoms with Crippen LogP contribution in [0.4, 0.5) is 0 Å². The van der Waals surface area contributed by atoms with Gasteiger partial charge in [0, 0.05) is 23.6 Å². The van der Waals surface area contributed by atoms with Crippen molar-refractivity contribution in [2.75, 3.05) is 13.1 Å². The Labute approximate surface area is 151 Å². The summed E-state index contributed by atoms with van der Waals surface area (Å²) >= 11 is 0. The second-order valence-electron chi connectivity index (χ2n) is 7.34. The molecule has 0 radical (unpaired) electrons. The monoisotopic (exact) mass is 334 g/mol. The molecule has 0 aliphatic carbocycles. The van der Waals surface area contributed by atoms with Crippen molar-refractivity contribution in [2.24, 2.45) is 5.92 Å². The molecule has 0 aliphatic heterocycles. The van der Waals surface area contributed by atoms with Crippen LogP contribution in [0, 0.1) is 5.92 Å². The van der Waals surface area contributed by atoms with E-state index in [1.54, 1.807) is 0 Å². The van der Waals surface area contributed by atoms with Crippen molar-refractivity contribution in [3.8, 4) is 0 Å². The lowest BCUT2D eigenvalue weighted by atomic mass is 10.1. The predicted octanol–water partition coefficient (Wildman–Crippen LogP) is 5.26. The van der Waals surface area contributed by atoms with Crippen molar-refractivity contribution < 1.29 is 0 Å². The number of rotatable bonds is 9. The van der Waals surface area contributed by atoms with Crippen LogP contribution in [-0.2, 0) is 13.0 Å². The summed E-state index contributed by atoms with van der Waals surface area (Å²) in [5.74, 6) is 0.732. The maximum atomic E-state index is 3.54. The molecular weight excluding hydrogens is 304 g/mol. The number of aryl methyl sites for hydroxylation is 1. The maximum Gasteiger partial charge on any atom is 0.0486 e. The Morgan fingerprint density at radius 1 is 0.920 bits per heavy atom. The molecule has 0 atom stereocenters. The number of para-hydroxylation sites is 1. The second-order valence-corrected chi connectivity index (χ2v) is 7.34. The first kappa shape index (κ1) is 17.8. The summed E-state index contributed by atoms with van der Waals surface area (Å²) in [6.07, 6.45) is 6.00. The fraction of sp³-hybridized carbons (Fsp3) is 0.391. The summed E-state index contributed by atoms with van der Waals surface area (Å²) in [5, 5.41) is 4.95. The van der Waals surface area contributed by atoms with E-state index in [0.717, 1.165) is 32.0 Å². The van der Waals surface area contributed by atoms with E-state index in [4.69, 9.17) is 0 Å². The Kier molecular flexibility index (Phi) is 6.30. The Hall–Kier alpha value is -2.06. The SMILES string of the molecule is CC(C)CNCCCCc1cn(Cc2ccccc2)c2ccccc12. The normalized spacial score (nSPS) is 11.5. The van der Waals surface area contributed by atoms with Crippen molar-refractivity contribution in [2.45, 2.75) is 39.7 Å². The lowest BCUT2D eigenvalue weighted by Gasteiger charge is -2.06. The summed E-state index contributed by atoms with van der Waals surface area (Å²) in [4.78, 5) is 0. The van der Waals surface area contributed by atoms with Crippen LogP contribution in [0.3, 0.4) is 0 Å². The van der Waals surface area contributed by atoms with Gasteiger partial charge in [-0.3, -0.25) is 0 Å². The van der Waals surface area contributed by atoms with Crippen molar-refractivity contribution in [1.29, 1.82) is 0 Å². The lowest BCUT2D eigenvalue weighted by Crippen LogP contribution is -2.20. The number of fused-ring (bicyclic) bond motifs is 1. The summed E-state index contributed by atoms with van der Waals surface area (Å²) in [5.41, 5.74) is 4.18. The van der Waals surface area contributed by atoms with Gasteiger partial charge in [-0.25, -0.2) is 0 Å². The minimum atomic E-state index is 0.732. The van der Waals surface area contributed by atoms with Crippen LogP contribution in [0.2, 0.25) is 0 Å². The van der Waals surface area contributed by atoms with E-state index in [0.29, 0.717) is 0 Å². The highest BCUT2D eigenvalue weighted by Crippen LogP contribution is 2.23. The van der Waals surface area contributed by atoms with E-state index in [9.17, 15) is 0 Å². The van der Waals surface area contributed by atoms with Crippen molar-refractivity contribution in [3.05, 3.63) is 71.9 Å². The van der Waals surface area contributed by atoms with Crippen LogP contribution >= 0.6 is 0 Å². The average molecular weight is 335 g/mol. The van der Waals surface area contributed by atoms with Gasteiger partial charge < -0.3 is 9.88 Å². The molecule has 2 aromatic carbocycles. The average Bonchev–Trinajstić information content (AvgIpc) is 2.97. The molecule has 0 unspecified atom stereocenters. The minimum Gasteiger partial charge on any atom is -0.343 e. The molecule has 3 rings (SSSR count). The third-order valence-electron chi connectivity index (χ3n) is 4.67.